The Balaban J connectivity index is 0.00000280. The lowest BCUT2D eigenvalue weighted by atomic mass is 10.1. The largest absolute Gasteiger partial charge is 0.497 e. The van der Waals surface area contributed by atoms with E-state index in [1.807, 2.05) is 57.4 Å². The number of anilines is 1. The first kappa shape index (κ1) is 22.1. The van der Waals surface area contributed by atoms with Crippen molar-refractivity contribution in [2.45, 2.75) is 13.3 Å². The number of methoxy groups -OCH3 is 1. The maximum absolute atomic E-state index is 13.1. The molecule has 150 valence electrons. The molecule has 5 nitrogen and oxygen atoms in total. The van der Waals surface area contributed by atoms with Gasteiger partial charge in [-0.15, -0.1) is 12.4 Å². The van der Waals surface area contributed by atoms with Gasteiger partial charge in [0.1, 0.15) is 5.75 Å². The molecular weight excluding hydrogens is 394 g/mol. The summed E-state index contributed by atoms with van der Waals surface area (Å²) in [5, 5.41) is 0.734. The van der Waals surface area contributed by atoms with Gasteiger partial charge in [0.05, 0.1) is 23.7 Å². The van der Waals surface area contributed by atoms with E-state index in [9.17, 15) is 4.79 Å². The Bertz CT molecular complexity index is 942. The summed E-state index contributed by atoms with van der Waals surface area (Å²) >= 11 is 1.52. The predicted octanol–water partition coefficient (Wildman–Crippen LogP) is 4.17. The number of likely N-dealkylation sites (N-methyl/N-ethyl adjacent to an activating group) is 1. The zero-order chi connectivity index (χ0) is 19.4. The highest BCUT2D eigenvalue weighted by molar-refractivity contribution is 7.22. The van der Waals surface area contributed by atoms with Crippen LogP contribution in [0.3, 0.4) is 0 Å². The lowest BCUT2D eigenvalue weighted by Gasteiger charge is -2.22. The second-order valence-corrected chi connectivity index (χ2v) is 7.85. The Labute approximate surface area is 176 Å². The van der Waals surface area contributed by atoms with Crippen LogP contribution in [0.4, 0.5) is 5.13 Å². The Morgan fingerprint density at radius 3 is 2.61 bits per heavy atom. The molecular formula is C21H26ClN3O2S. The van der Waals surface area contributed by atoms with Crippen LogP contribution in [-0.4, -0.2) is 50.1 Å². The van der Waals surface area contributed by atoms with E-state index in [0.717, 1.165) is 38.8 Å². The van der Waals surface area contributed by atoms with E-state index in [2.05, 4.69) is 11.0 Å². The number of benzene rings is 2. The number of carbonyl (C=O) groups is 1. The molecule has 0 aliphatic rings. The molecule has 1 aromatic heterocycles. The Morgan fingerprint density at radius 1 is 1.14 bits per heavy atom. The highest BCUT2D eigenvalue weighted by atomic mass is 35.5. The molecule has 3 rings (SSSR count). The highest BCUT2D eigenvalue weighted by Gasteiger charge is 2.20. The van der Waals surface area contributed by atoms with Crippen LogP contribution in [0, 0.1) is 6.92 Å². The molecule has 0 fully saturated rings. The van der Waals surface area contributed by atoms with Crippen molar-refractivity contribution >= 4 is 45.0 Å². The monoisotopic (exact) mass is 419 g/mol. The minimum atomic E-state index is 0. The molecule has 0 bridgehead atoms. The molecule has 2 aromatic carbocycles. The maximum atomic E-state index is 13.1. The molecule has 0 saturated carbocycles. The fourth-order valence-electron chi connectivity index (χ4n) is 2.85. The van der Waals surface area contributed by atoms with Gasteiger partial charge < -0.3 is 9.64 Å². The Morgan fingerprint density at radius 2 is 1.93 bits per heavy atom. The Hall–Kier alpha value is -2.15. The number of amides is 1. The van der Waals surface area contributed by atoms with Crippen molar-refractivity contribution in [3.63, 3.8) is 0 Å². The van der Waals surface area contributed by atoms with Gasteiger partial charge in [0.2, 0.25) is 5.91 Å². The van der Waals surface area contributed by atoms with Crippen molar-refractivity contribution in [1.29, 1.82) is 0 Å². The second-order valence-electron chi connectivity index (χ2n) is 6.84. The van der Waals surface area contributed by atoms with Crippen molar-refractivity contribution in [3.8, 4) is 5.75 Å². The highest BCUT2D eigenvalue weighted by Crippen LogP contribution is 2.31. The van der Waals surface area contributed by atoms with Gasteiger partial charge in [0, 0.05) is 13.1 Å². The van der Waals surface area contributed by atoms with E-state index in [-0.39, 0.29) is 18.3 Å². The van der Waals surface area contributed by atoms with Gasteiger partial charge >= 0.3 is 0 Å². The minimum absolute atomic E-state index is 0. The third-order valence-corrected chi connectivity index (χ3v) is 5.37. The molecule has 1 heterocycles. The van der Waals surface area contributed by atoms with Crippen LogP contribution in [0.15, 0.2) is 42.5 Å². The SMILES string of the molecule is COc1ccc2nc(N(CCN(C)C)C(=O)Cc3cccc(C)c3)sc2c1.Cl. The molecule has 0 spiro atoms. The smallest absolute Gasteiger partial charge is 0.233 e. The number of rotatable bonds is 7. The van der Waals surface area contributed by atoms with Gasteiger partial charge in [-0.2, -0.15) is 0 Å². The molecule has 7 heteroatoms. The van der Waals surface area contributed by atoms with E-state index < -0.39 is 0 Å². The van der Waals surface area contributed by atoms with Crippen LogP contribution in [0.1, 0.15) is 11.1 Å². The quantitative estimate of drug-likeness (QED) is 0.576. The zero-order valence-electron chi connectivity index (χ0n) is 16.6. The van der Waals surface area contributed by atoms with Gasteiger partial charge in [-0.25, -0.2) is 4.98 Å². The summed E-state index contributed by atoms with van der Waals surface area (Å²) in [7, 11) is 5.66. The van der Waals surface area contributed by atoms with Crippen LogP contribution in [0.25, 0.3) is 10.2 Å². The van der Waals surface area contributed by atoms with Crippen LogP contribution in [0.2, 0.25) is 0 Å². The van der Waals surface area contributed by atoms with Crippen molar-refractivity contribution in [2.24, 2.45) is 0 Å². The summed E-state index contributed by atoms with van der Waals surface area (Å²) in [6.07, 6.45) is 0.369. The molecule has 0 saturated heterocycles. The molecule has 0 aliphatic carbocycles. The number of ether oxygens (including phenoxy) is 1. The number of thiazole rings is 1. The molecule has 0 unspecified atom stereocenters. The van der Waals surface area contributed by atoms with E-state index in [4.69, 9.17) is 9.72 Å². The van der Waals surface area contributed by atoms with Gasteiger partial charge in [-0.1, -0.05) is 41.2 Å². The maximum Gasteiger partial charge on any atom is 0.233 e. The number of aromatic nitrogens is 1. The van der Waals surface area contributed by atoms with Gasteiger partial charge in [0.15, 0.2) is 5.13 Å². The average Bonchev–Trinajstić information content (AvgIpc) is 3.04. The molecule has 0 radical (unpaired) electrons. The topological polar surface area (TPSA) is 45.7 Å². The molecule has 1 amide bonds. The lowest BCUT2D eigenvalue weighted by Crippen LogP contribution is -2.37. The van der Waals surface area contributed by atoms with Crippen molar-refractivity contribution < 1.29 is 9.53 Å². The predicted molar refractivity (Wildman–Crippen MR) is 119 cm³/mol. The number of aryl methyl sites for hydroxylation is 1. The number of hydrogen-bond acceptors (Lipinski definition) is 5. The van der Waals surface area contributed by atoms with Crippen molar-refractivity contribution in [1.82, 2.24) is 9.88 Å². The van der Waals surface area contributed by atoms with Gasteiger partial charge in [-0.05, 0) is 44.8 Å². The minimum Gasteiger partial charge on any atom is -0.497 e. The van der Waals surface area contributed by atoms with Gasteiger partial charge in [0.25, 0.3) is 0 Å². The lowest BCUT2D eigenvalue weighted by molar-refractivity contribution is -0.118. The molecule has 28 heavy (non-hydrogen) atoms. The third-order valence-electron chi connectivity index (χ3n) is 4.32. The zero-order valence-corrected chi connectivity index (χ0v) is 18.3. The summed E-state index contributed by atoms with van der Waals surface area (Å²) < 4.78 is 6.32. The van der Waals surface area contributed by atoms with E-state index in [1.54, 1.807) is 12.0 Å². The summed E-state index contributed by atoms with van der Waals surface area (Å²) in [5.74, 6) is 0.858. The van der Waals surface area contributed by atoms with Crippen molar-refractivity contribution in [2.75, 3.05) is 39.2 Å². The van der Waals surface area contributed by atoms with Crippen LogP contribution < -0.4 is 9.64 Å². The Kier molecular flexibility index (Phi) is 7.80. The molecule has 3 aromatic rings. The normalized spacial score (nSPS) is 10.8. The summed E-state index contributed by atoms with van der Waals surface area (Å²) in [6.45, 7) is 3.42. The number of halogens is 1. The van der Waals surface area contributed by atoms with E-state index >= 15 is 0 Å². The van der Waals surface area contributed by atoms with Crippen LogP contribution in [0.5, 0.6) is 5.75 Å². The van der Waals surface area contributed by atoms with Crippen molar-refractivity contribution in [3.05, 3.63) is 53.6 Å². The first-order valence-electron chi connectivity index (χ1n) is 8.91. The first-order valence-corrected chi connectivity index (χ1v) is 9.73. The third kappa shape index (κ3) is 5.44. The second kappa shape index (κ2) is 9.87. The number of hydrogen-bond donors (Lipinski definition) is 0. The van der Waals surface area contributed by atoms with E-state index in [0.29, 0.717) is 13.0 Å². The summed E-state index contributed by atoms with van der Waals surface area (Å²) in [5.41, 5.74) is 3.07. The number of nitrogens with zero attached hydrogens (tertiary/aromatic N) is 3. The molecule has 0 aliphatic heterocycles. The van der Waals surface area contributed by atoms with E-state index in [1.165, 1.54) is 11.3 Å². The fraction of sp³-hybridized carbons (Fsp3) is 0.333. The summed E-state index contributed by atoms with van der Waals surface area (Å²) in [4.78, 5) is 21.7. The standard InChI is InChI=1S/C21H25N3O2S.ClH/c1-15-6-5-7-16(12-15)13-20(25)24(11-10-23(2)3)21-22-18-9-8-17(26-4)14-19(18)27-21;/h5-9,12,14H,10-11,13H2,1-4H3;1H. The van der Waals surface area contributed by atoms with Gasteiger partial charge in [-0.3, -0.25) is 9.69 Å². The molecule has 0 atom stereocenters. The first-order chi connectivity index (χ1) is 13.0. The number of carbonyl (C=O) groups excluding carboxylic acids is 1. The average molecular weight is 420 g/mol. The molecule has 0 N–H and O–H groups in total. The summed E-state index contributed by atoms with van der Waals surface area (Å²) in [6, 6.07) is 13.9. The van der Waals surface area contributed by atoms with Crippen LogP contribution >= 0.6 is 23.7 Å². The fourth-order valence-corrected chi connectivity index (χ4v) is 3.89. The van der Waals surface area contributed by atoms with Crippen LogP contribution in [-0.2, 0) is 11.2 Å². The number of fused-ring (bicyclic) bond motifs is 1.